The first-order valence-corrected chi connectivity index (χ1v) is 9.79. The van der Waals surface area contributed by atoms with Gasteiger partial charge in [-0.15, -0.1) is 0 Å². The molecule has 3 unspecified atom stereocenters. The van der Waals surface area contributed by atoms with E-state index in [0.717, 1.165) is 18.4 Å². The van der Waals surface area contributed by atoms with E-state index < -0.39 is 15.9 Å². The van der Waals surface area contributed by atoms with E-state index in [-0.39, 0.29) is 11.2 Å². The van der Waals surface area contributed by atoms with Gasteiger partial charge in [0.2, 0.25) is 0 Å². The molecule has 1 aromatic carbocycles. The van der Waals surface area contributed by atoms with Crippen LogP contribution >= 0.6 is 23.2 Å². The third kappa shape index (κ3) is 4.59. The van der Waals surface area contributed by atoms with Gasteiger partial charge in [-0.05, 0) is 42.9 Å². The highest BCUT2D eigenvalue weighted by molar-refractivity contribution is 7.91. The van der Waals surface area contributed by atoms with Gasteiger partial charge in [0.05, 0.1) is 11.4 Å². The van der Waals surface area contributed by atoms with E-state index in [1.165, 1.54) is 6.26 Å². The van der Waals surface area contributed by atoms with Gasteiger partial charge in [0.25, 0.3) is 0 Å². The summed E-state index contributed by atoms with van der Waals surface area (Å²) in [5, 5.41) is 11.2. The van der Waals surface area contributed by atoms with Gasteiger partial charge in [0.15, 0.2) is 0 Å². The van der Waals surface area contributed by atoms with Gasteiger partial charge >= 0.3 is 0 Å². The highest BCUT2D eigenvalue weighted by Crippen LogP contribution is 2.32. The Bertz CT molecular complexity index is 601. The molecule has 21 heavy (non-hydrogen) atoms. The van der Waals surface area contributed by atoms with Crippen molar-refractivity contribution in [3.8, 4) is 0 Å². The van der Waals surface area contributed by atoms with Gasteiger partial charge in [-0.1, -0.05) is 35.7 Å². The van der Waals surface area contributed by atoms with Gasteiger partial charge in [-0.25, -0.2) is 8.42 Å². The molecular formula is C15H20Cl2O3S. The van der Waals surface area contributed by atoms with Crippen LogP contribution in [0.3, 0.4) is 0 Å². The molecule has 0 aromatic heterocycles. The molecule has 2 rings (SSSR count). The maximum absolute atomic E-state index is 11.7. The normalized spacial score (nSPS) is 24.8. The Kier molecular flexibility index (Phi) is 5.58. The van der Waals surface area contributed by atoms with Crippen LogP contribution in [0.25, 0.3) is 0 Å². The Balaban J connectivity index is 2.04. The minimum atomic E-state index is -3.03. The summed E-state index contributed by atoms with van der Waals surface area (Å²) >= 11 is 12.0. The first kappa shape index (κ1) is 17.1. The minimum Gasteiger partial charge on any atom is -0.392 e. The molecule has 6 heteroatoms. The Morgan fingerprint density at radius 3 is 2.67 bits per heavy atom. The lowest BCUT2D eigenvalue weighted by Gasteiger charge is -2.31. The van der Waals surface area contributed by atoms with Gasteiger partial charge in [-0.2, -0.15) is 0 Å². The minimum absolute atomic E-state index is 0.00483. The van der Waals surface area contributed by atoms with Crippen molar-refractivity contribution in [3.63, 3.8) is 0 Å². The van der Waals surface area contributed by atoms with Crippen LogP contribution in [0.15, 0.2) is 18.2 Å². The maximum atomic E-state index is 11.7. The smallest absolute Gasteiger partial charge is 0.150 e. The van der Waals surface area contributed by atoms with Gasteiger partial charge in [-0.3, -0.25) is 0 Å². The lowest BCUT2D eigenvalue weighted by Crippen LogP contribution is -2.34. The lowest BCUT2D eigenvalue weighted by atomic mass is 9.83. The molecule has 0 radical (unpaired) electrons. The molecule has 0 heterocycles. The molecule has 0 saturated heterocycles. The summed E-state index contributed by atoms with van der Waals surface area (Å²) in [5.41, 5.74) is 0.843. The maximum Gasteiger partial charge on any atom is 0.150 e. The molecule has 0 amide bonds. The lowest BCUT2D eigenvalue weighted by molar-refractivity contribution is 0.0859. The summed E-state index contributed by atoms with van der Waals surface area (Å²) in [5.74, 6) is 0.00483. The van der Waals surface area contributed by atoms with Crippen molar-refractivity contribution in [3.05, 3.63) is 33.8 Å². The van der Waals surface area contributed by atoms with E-state index >= 15 is 0 Å². The Labute approximate surface area is 136 Å². The van der Waals surface area contributed by atoms with Crippen molar-refractivity contribution in [2.75, 3.05) is 6.26 Å². The van der Waals surface area contributed by atoms with E-state index in [2.05, 4.69) is 0 Å². The fourth-order valence-corrected chi connectivity index (χ4v) is 4.68. The highest BCUT2D eigenvalue weighted by atomic mass is 35.5. The van der Waals surface area contributed by atoms with Crippen LogP contribution in [-0.2, 0) is 16.3 Å². The van der Waals surface area contributed by atoms with Crippen molar-refractivity contribution in [2.24, 2.45) is 5.92 Å². The highest BCUT2D eigenvalue weighted by Gasteiger charge is 2.32. The zero-order chi connectivity index (χ0) is 15.6. The zero-order valence-electron chi connectivity index (χ0n) is 11.9. The summed E-state index contributed by atoms with van der Waals surface area (Å²) in [7, 11) is -3.03. The SMILES string of the molecule is CS(=O)(=O)C1CCCC(C(O)Cc2ccc(Cl)cc2Cl)C1. The quantitative estimate of drug-likeness (QED) is 0.903. The number of halogens is 2. The molecule has 1 saturated carbocycles. The molecule has 3 atom stereocenters. The third-order valence-electron chi connectivity index (χ3n) is 4.26. The molecule has 1 aliphatic rings. The first-order chi connectivity index (χ1) is 9.77. The molecule has 118 valence electrons. The molecule has 1 fully saturated rings. The number of rotatable bonds is 4. The average molecular weight is 351 g/mol. The fraction of sp³-hybridized carbons (Fsp3) is 0.600. The Morgan fingerprint density at radius 1 is 1.33 bits per heavy atom. The van der Waals surface area contributed by atoms with Crippen LogP contribution in [0.1, 0.15) is 31.2 Å². The topological polar surface area (TPSA) is 54.4 Å². The van der Waals surface area contributed by atoms with E-state index in [4.69, 9.17) is 23.2 Å². The molecule has 0 spiro atoms. The molecule has 3 nitrogen and oxygen atoms in total. The number of hydrogen-bond donors (Lipinski definition) is 1. The second-order valence-corrected chi connectivity index (χ2v) is 9.05. The molecule has 1 N–H and O–H groups in total. The number of sulfone groups is 1. The summed E-state index contributed by atoms with van der Waals surface area (Å²) in [6.45, 7) is 0. The van der Waals surface area contributed by atoms with Crippen molar-refractivity contribution in [2.45, 2.75) is 43.5 Å². The van der Waals surface area contributed by atoms with Crippen LogP contribution in [0, 0.1) is 5.92 Å². The first-order valence-electron chi connectivity index (χ1n) is 7.08. The van der Waals surface area contributed by atoms with Crippen molar-refractivity contribution >= 4 is 33.0 Å². The third-order valence-corrected chi connectivity index (χ3v) is 6.49. The summed E-state index contributed by atoms with van der Waals surface area (Å²) in [4.78, 5) is 0. The monoisotopic (exact) mass is 350 g/mol. The van der Waals surface area contributed by atoms with Gasteiger partial charge < -0.3 is 5.11 Å². The van der Waals surface area contributed by atoms with Crippen LogP contribution in [0.2, 0.25) is 10.0 Å². The zero-order valence-corrected chi connectivity index (χ0v) is 14.3. The van der Waals surface area contributed by atoms with Crippen LogP contribution in [0.4, 0.5) is 0 Å². The molecule has 1 aliphatic carbocycles. The van der Waals surface area contributed by atoms with Crippen LogP contribution in [-0.4, -0.2) is 31.1 Å². The number of benzene rings is 1. The predicted octanol–water partition coefficient (Wildman–Crippen LogP) is 3.50. The summed E-state index contributed by atoms with van der Waals surface area (Å²) in [6.07, 6.45) is 4.06. The summed E-state index contributed by atoms with van der Waals surface area (Å²) < 4.78 is 23.4. The van der Waals surface area contributed by atoms with E-state index in [9.17, 15) is 13.5 Å². The van der Waals surface area contributed by atoms with E-state index in [1.54, 1.807) is 12.1 Å². The van der Waals surface area contributed by atoms with Gasteiger partial charge in [0, 0.05) is 22.7 Å². The van der Waals surface area contributed by atoms with Crippen LogP contribution < -0.4 is 0 Å². The van der Waals surface area contributed by atoms with Crippen molar-refractivity contribution < 1.29 is 13.5 Å². The molecule has 0 aliphatic heterocycles. The average Bonchev–Trinajstić information content (AvgIpc) is 2.41. The molecular weight excluding hydrogens is 331 g/mol. The summed E-state index contributed by atoms with van der Waals surface area (Å²) in [6, 6.07) is 5.21. The second-order valence-electron chi connectivity index (χ2n) is 5.89. The van der Waals surface area contributed by atoms with Gasteiger partial charge in [0.1, 0.15) is 9.84 Å². The van der Waals surface area contributed by atoms with E-state index in [1.807, 2.05) is 6.07 Å². The second kappa shape index (κ2) is 6.86. The Hall–Kier alpha value is -0.290. The van der Waals surface area contributed by atoms with E-state index in [0.29, 0.717) is 29.3 Å². The van der Waals surface area contributed by atoms with Crippen molar-refractivity contribution in [1.29, 1.82) is 0 Å². The van der Waals surface area contributed by atoms with Crippen LogP contribution in [0.5, 0.6) is 0 Å². The largest absolute Gasteiger partial charge is 0.392 e. The number of aliphatic hydroxyl groups is 1. The molecule has 0 bridgehead atoms. The van der Waals surface area contributed by atoms with Crippen molar-refractivity contribution in [1.82, 2.24) is 0 Å². The standard InChI is InChI=1S/C15H20Cl2O3S/c1-21(19,20)13-4-2-3-11(7-13)15(18)8-10-5-6-12(16)9-14(10)17/h5-6,9,11,13,15,18H,2-4,7-8H2,1H3. The molecule has 1 aromatic rings. The predicted molar refractivity (Wildman–Crippen MR) is 86.8 cm³/mol. The fourth-order valence-electron chi connectivity index (χ4n) is 3.00. The Morgan fingerprint density at radius 2 is 2.05 bits per heavy atom. The number of hydrogen-bond acceptors (Lipinski definition) is 3. The number of aliphatic hydroxyl groups excluding tert-OH is 1.